The van der Waals surface area contributed by atoms with Crippen LogP contribution in [0.2, 0.25) is 0 Å². The molecule has 0 saturated carbocycles. The summed E-state index contributed by atoms with van der Waals surface area (Å²) < 4.78 is 10.6. The quantitative estimate of drug-likeness (QED) is 0.581. The van der Waals surface area contributed by atoms with E-state index in [2.05, 4.69) is 29.6 Å². The Morgan fingerprint density at radius 2 is 1.78 bits per heavy atom. The third-order valence-corrected chi connectivity index (χ3v) is 5.30. The van der Waals surface area contributed by atoms with Gasteiger partial charge < -0.3 is 9.47 Å². The molecular formula is C18H17NO2S2. The summed E-state index contributed by atoms with van der Waals surface area (Å²) in [5.74, 6) is 2.32. The Bertz CT molecular complexity index is 772. The molecule has 0 saturated heterocycles. The van der Waals surface area contributed by atoms with E-state index in [1.165, 1.54) is 4.90 Å². The lowest BCUT2D eigenvalue weighted by Crippen LogP contribution is -1.90. The lowest BCUT2D eigenvalue weighted by atomic mass is 10.2. The van der Waals surface area contributed by atoms with Gasteiger partial charge in [0, 0.05) is 21.6 Å². The molecule has 3 nitrogen and oxygen atoms in total. The fraction of sp³-hybridized carbons (Fsp3) is 0.167. The van der Waals surface area contributed by atoms with Crippen LogP contribution in [0.15, 0.2) is 58.8 Å². The first-order valence-electron chi connectivity index (χ1n) is 7.15. The third kappa shape index (κ3) is 3.86. The number of hydrogen-bond acceptors (Lipinski definition) is 5. The van der Waals surface area contributed by atoms with Crippen molar-refractivity contribution in [3.8, 4) is 22.1 Å². The molecular weight excluding hydrogens is 326 g/mol. The summed E-state index contributed by atoms with van der Waals surface area (Å²) in [6.45, 7) is 0. The summed E-state index contributed by atoms with van der Waals surface area (Å²) in [5.41, 5.74) is 2.14. The van der Waals surface area contributed by atoms with Gasteiger partial charge in [-0.3, -0.25) is 0 Å². The number of nitrogens with zero attached hydrogens (tertiary/aromatic N) is 1. The van der Waals surface area contributed by atoms with Crippen molar-refractivity contribution in [1.29, 1.82) is 0 Å². The van der Waals surface area contributed by atoms with E-state index in [1.54, 1.807) is 37.3 Å². The van der Waals surface area contributed by atoms with E-state index in [0.717, 1.165) is 33.5 Å². The number of benzene rings is 2. The maximum Gasteiger partial charge on any atom is 0.161 e. The second-order valence-electron chi connectivity index (χ2n) is 4.82. The highest BCUT2D eigenvalue weighted by Crippen LogP contribution is 2.34. The minimum atomic E-state index is 0.723. The molecule has 0 bridgehead atoms. The summed E-state index contributed by atoms with van der Waals surface area (Å²) in [6, 6.07) is 16.3. The standard InChI is InChI=1S/C18H17NO2S2/c1-20-16-9-8-13(10-17(16)21-2)18-19-14(12-23-18)11-22-15-6-4-3-5-7-15/h3-10,12H,11H2,1-2H3. The predicted molar refractivity (Wildman–Crippen MR) is 96.7 cm³/mol. The molecule has 0 N–H and O–H groups in total. The molecule has 0 amide bonds. The summed E-state index contributed by atoms with van der Waals surface area (Å²) >= 11 is 3.44. The fourth-order valence-electron chi connectivity index (χ4n) is 2.15. The smallest absolute Gasteiger partial charge is 0.161 e. The van der Waals surface area contributed by atoms with Gasteiger partial charge in [-0.1, -0.05) is 18.2 Å². The summed E-state index contributed by atoms with van der Waals surface area (Å²) in [5, 5.41) is 3.11. The van der Waals surface area contributed by atoms with Crippen LogP contribution in [0.1, 0.15) is 5.69 Å². The molecule has 0 aliphatic carbocycles. The van der Waals surface area contributed by atoms with E-state index in [0.29, 0.717) is 0 Å². The van der Waals surface area contributed by atoms with Gasteiger partial charge in [-0.05, 0) is 30.3 Å². The zero-order valence-corrected chi connectivity index (χ0v) is 14.6. The van der Waals surface area contributed by atoms with Crippen molar-refractivity contribution in [3.63, 3.8) is 0 Å². The zero-order chi connectivity index (χ0) is 16.1. The first-order valence-corrected chi connectivity index (χ1v) is 9.01. The van der Waals surface area contributed by atoms with Crippen molar-refractivity contribution in [3.05, 3.63) is 59.6 Å². The van der Waals surface area contributed by atoms with Crippen LogP contribution in [0.25, 0.3) is 10.6 Å². The van der Waals surface area contributed by atoms with Crippen molar-refractivity contribution < 1.29 is 9.47 Å². The molecule has 3 aromatic rings. The lowest BCUT2D eigenvalue weighted by molar-refractivity contribution is 0.355. The van der Waals surface area contributed by atoms with E-state index < -0.39 is 0 Å². The highest BCUT2D eigenvalue weighted by molar-refractivity contribution is 7.98. The topological polar surface area (TPSA) is 31.4 Å². The summed E-state index contributed by atoms with van der Waals surface area (Å²) in [4.78, 5) is 5.99. The van der Waals surface area contributed by atoms with Crippen LogP contribution >= 0.6 is 23.1 Å². The van der Waals surface area contributed by atoms with Crippen LogP contribution in [-0.4, -0.2) is 19.2 Å². The maximum absolute atomic E-state index is 5.36. The van der Waals surface area contributed by atoms with Crippen molar-refractivity contribution in [2.45, 2.75) is 10.6 Å². The molecule has 1 heterocycles. The van der Waals surface area contributed by atoms with E-state index in [-0.39, 0.29) is 0 Å². The Hall–Kier alpha value is -1.98. The highest BCUT2D eigenvalue weighted by Gasteiger charge is 2.09. The number of thioether (sulfide) groups is 1. The molecule has 2 aromatic carbocycles. The number of rotatable bonds is 6. The molecule has 0 radical (unpaired) electrons. The first-order chi connectivity index (χ1) is 11.3. The lowest BCUT2D eigenvalue weighted by Gasteiger charge is -2.08. The predicted octanol–water partition coefficient (Wildman–Crippen LogP) is 5.12. The van der Waals surface area contributed by atoms with Gasteiger partial charge in [0.05, 0.1) is 19.9 Å². The molecule has 118 valence electrons. The Kier molecular flexibility index (Phi) is 5.20. The molecule has 0 spiro atoms. The van der Waals surface area contributed by atoms with Crippen LogP contribution < -0.4 is 9.47 Å². The highest BCUT2D eigenvalue weighted by atomic mass is 32.2. The van der Waals surface area contributed by atoms with Gasteiger partial charge in [0.25, 0.3) is 0 Å². The molecule has 0 aliphatic heterocycles. The van der Waals surface area contributed by atoms with Crippen LogP contribution in [0, 0.1) is 0 Å². The number of ether oxygens (including phenoxy) is 2. The molecule has 0 aliphatic rings. The minimum absolute atomic E-state index is 0.723. The van der Waals surface area contributed by atoms with Crippen LogP contribution in [0.4, 0.5) is 0 Å². The number of aromatic nitrogens is 1. The number of methoxy groups -OCH3 is 2. The molecule has 5 heteroatoms. The van der Waals surface area contributed by atoms with Gasteiger partial charge in [-0.2, -0.15) is 0 Å². The molecule has 0 atom stereocenters. The molecule has 23 heavy (non-hydrogen) atoms. The van der Waals surface area contributed by atoms with Crippen molar-refractivity contribution >= 4 is 23.1 Å². The fourth-order valence-corrected chi connectivity index (χ4v) is 3.88. The Balaban J connectivity index is 1.74. The van der Waals surface area contributed by atoms with Crippen LogP contribution in [0.5, 0.6) is 11.5 Å². The van der Waals surface area contributed by atoms with Gasteiger partial charge in [0.2, 0.25) is 0 Å². The monoisotopic (exact) mass is 343 g/mol. The van der Waals surface area contributed by atoms with E-state index in [1.807, 2.05) is 24.3 Å². The van der Waals surface area contributed by atoms with E-state index >= 15 is 0 Å². The largest absolute Gasteiger partial charge is 0.493 e. The van der Waals surface area contributed by atoms with Gasteiger partial charge in [-0.15, -0.1) is 23.1 Å². The Morgan fingerprint density at radius 1 is 1.00 bits per heavy atom. The van der Waals surface area contributed by atoms with Crippen LogP contribution in [0.3, 0.4) is 0 Å². The second-order valence-corrected chi connectivity index (χ2v) is 6.72. The van der Waals surface area contributed by atoms with Gasteiger partial charge in [0.15, 0.2) is 11.5 Å². The van der Waals surface area contributed by atoms with Crippen molar-refractivity contribution in [1.82, 2.24) is 4.98 Å². The normalized spacial score (nSPS) is 10.5. The van der Waals surface area contributed by atoms with Gasteiger partial charge >= 0.3 is 0 Å². The second kappa shape index (κ2) is 7.53. The number of hydrogen-bond donors (Lipinski definition) is 0. The zero-order valence-electron chi connectivity index (χ0n) is 13.0. The average Bonchev–Trinajstić information content (AvgIpc) is 3.09. The van der Waals surface area contributed by atoms with Crippen LogP contribution in [-0.2, 0) is 5.75 Å². The minimum Gasteiger partial charge on any atom is -0.493 e. The summed E-state index contributed by atoms with van der Waals surface area (Å²) in [6.07, 6.45) is 0. The third-order valence-electron chi connectivity index (χ3n) is 3.31. The molecule has 1 aromatic heterocycles. The SMILES string of the molecule is COc1ccc(-c2nc(CSc3ccccc3)cs2)cc1OC. The Labute approximate surface area is 144 Å². The van der Waals surface area contributed by atoms with Gasteiger partial charge in [0.1, 0.15) is 5.01 Å². The van der Waals surface area contributed by atoms with E-state index in [4.69, 9.17) is 14.5 Å². The maximum atomic E-state index is 5.36. The first kappa shape index (κ1) is 15.9. The average molecular weight is 343 g/mol. The van der Waals surface area contributed by atoms with Crippen molar-refractivity contribution in [2.75, 3.05) is 14.2 Å². The van der Waals surface area contributed by atoms with E-state index in [9.17, 15) is 0 Å². The van der Waals surface area contributed by atoms with Crippen molar-refractivity contribution in [2.24, 2.45) is 0 Å². The number of thiazole rings is 1. The molecule has 0 fully saturated rings. The summed E-state index contributed by atoms with van der Waals surface area (Å²) in [7, 11) is 3.28. The molecule has 3 rings (SSSR count). The molecule has 0 unspecified atom stereocenters. The van der Waals surface area contributed by atoms with Gasteiger partial charge in [-0.25, -0.2) is 4.98 Å². The Morgan fingerprint density at radius 3 is 2.52 bits per heavy atom.